The van der Waals surface area contributed by atoms with E-state index < -0.39 is 11.0 Å². The number of carbonyl (C=O) groups excluding carboxylic acids is 2. The van der Waals surface area contributed by atoms with E-state index in [0.29, 0.717) is 18.8 Å². The minimum absolute atomic E-state index is 0.0468. The first-order valence-corrected chi connectivity index (χ1v) is 14.7. The summed E-state index contributed by atoms with van der Waals surface area (Å²) >= 11 is 0. The summed E-state index contributed by atoms with van der Waals surface area (Å²) in [5, 5.41) is 9.28. The standard InChI is InChI=1S/C35H44N4O3/c1-33(2,3)27-18-14-26(15-19-27)24-39-32(41)34(4,5)30(38-39)13-10-11-25-16-20-29(21-17-25)42-35(6,7)31(40)37-23-28-12-8-9-22-36-28/h8-9,12,14-22H,10-11,13,23-24H2,1-7H3,(H,37,40). The smallest absolute Gasteiger partial charge is 0.263 e. The van der Waals surface area contributed by atoms with Crippen LogP contribution in [0, 0.1) is 5.41 Å². The maximum absolute atomic E-state index is 13.2. The van der Waals surface area contributed by atoms with Gasteiger partial charge in [0.05, 0.1) is 29.9 Å². The molecule has 2 amide bonds. The molecule has 7 heteroatoms. The van der Waals surface area contributed by atoms with Crippen LogP contribution in [0.5, 0.6) is 5.75 Å². The van der Waals surface area contributed by atoms with E-state index in [2.05, 4.69) is 55.3 Å². The van der Waals surface area contributed by atoms with Gasteiger partial charge in [-0.05, 0) is 93.3 Å². The van der Waals surface area contributed by atoms with Gasteiger partial charge in [0.15, 0.2) is 5.60 Å². The molecule has 1 aliphatic rings. The van der Waals surface area contributed by atoms with Gasteiger partial charge >= 0.3 is 0 Å². The van der Waals surface area contributed by atoms with E-state index in [1.54, 1.807) is 25.1 Å². The molecule has 1 aliphatic heterocycles. The second-order valence-corrected chi connectivity index (χ2v) is 13.1. The number of ether oxygens (including phenoxy) is 1. The van der Waals surface area contributed by atoms with E-state index in [1.807, 2.05) is 56.3 Å². The van der Waals surface area contributed by atoms with Gasteiger partial charge in [0.2, 0.25) is 0 Å². The Hall–Kier alpha value is -4.00. The molecule has 2 aromatic carbocycles. The fourth-order valence-corrected chi connectivity index (χ4v) is 4.93. The number of aromatic nitrogens is 1. The lowest BCUT2D eigenvalue weighted by atomic mass is 9.84. The first-order valence-electron chi connectivity index (χ1n) is 14.7. The number of hydrogen-bond acceptors (Lipinski definition) is 5. The zero-order valence-corrected chi connectivity index (χ0v) is 26.0. The maximum Gasteiger partial charge on any atom is 0.263 e. The summed E-state index contributed by atoms with van der Waals surface area (Å²) in [6.07, 6.45) is 4.19. The zero-order chi connectivity index (χ0) is 30.5. The quantitative estimate of drug-likeness (QED) is 0.282. The van der Waals surface area contributed by atoms with E-state index in [0.717, 1.165) is 36.2 Å². The van der Waals surface area contributed by atoms with Gasteiger partial charge in [-0.25, -0.2) is 5.01 Å². The molecule has 0 spiro atoms. The van der Waals surface area contributed by atoms with Crippen molar-refractivity contribution in [3.05, 3.63) is 95.3 Å². The number of rotatable bonds is 11. The van der Waals surface area contributed by atoms with Gasteiger partial charge in [-0.3, -0.25) is 14.6 Å². The van der Waals surface area contributed by atoms with Crippen molar-refractivity contribution in [2.45, 2.75) is 91.8 Å². The van der Waals surface area contributed by atoms with E-state index in [4.69, 9.17) is 9.84 Å². The van der Waals surface area contributed by atoms with Gasteiger partial charge < -0.3 is 10.1 Å². The number of hydrogen-bond donors (Lipinski definition) is 1. The van der Waals surface area contributed by atoms with Crippen LogP contribution in [-0.4, -0.2) is 33.1 Å². The molecule has 0 atom stereocenters. The van der Waals surface area contributed by atoms with E-state index in [1.165, 1.54) is 11.1 Å². The summed E-state index contributed by atoms with van der Waals surface area (Å²) in [6, 6.07) is 21.9. The highest BCUT2D eigenvalue weighted by molar-refractivity contribution is 6.11. The number of benzene rings is 2. The van der Waals surface area contributed by atoms with Gasteiger partial charge in [0.1, 0.15) is 5.75 Å². The van der Waals surface area contributed by atoms with E-state index in [9.17, 15) is 9.59 Å². The van der Waals surface area contributed by atoms with Crippen LogP contribution in [-0.2, 0) is 34.5 Å². The molecule has 222 valence electrons. The molecule has 2 heterocycles. The second-order valence-electron chi connectivity index (χ2n) is 13.1. The van der Waals surface area contributed by atoms with Crippen LogP contribution in [0.15, 0.2) is 78.0 Å². The Morgan fingerprint density at radius 1 is 0.905 bits per heavy atom. The second kappa shape index (κ2) is 12.5. The third kappa shape index (κ3) is 7.64. The van der Waals surface area contributed by atoms with Crippen LogP contribution in [0.25, 0.3) is 0 Å². The maximum atomic E-state index is 13.2. The molecule has 0 aliphatic carbocycles. The Bertz CT molecular complexity index is 1400. The summed E-state index contributed by atoms with van der Waals surface area (Å²) < 4.78 is 6.02. The van der Waals surface area contributed by atoms with Crippen molar-refractivity contribution in [1.82, 2.24) is 15.3 Å². The number of pyridine rings is 1. The fraction of sp³-hybridized carbons (Fsp3) is 0.429. The predicted molar refractivity (Wildman–Crippen MR) is 167 cm³/mol. The van der Waals surface area contributed by atoms with E-state index >= 15 is 0 Å². The molecule has 0 fully saturated rings. The Balaban J connectivity index is 1.28. The lowest BCUT2D eigenvalue weighted by molar-refractivity contribution is -0.135. The predicted octanol–water partition coefficient (Wildman–Crippen LogP) is 6.60. The summed E-state index contributed by atoms with van der Waals surface area (Å²) in [5.41, 5.74) is 3.69. The zero-order valence-electron chi connectivity index (χ0n) is 26.0. The molecule has 0 saturated heterocycles. The highest BCUT2D eigenvalue weighted by Crippen LogP contribution is 2.32. The number of aryl methyl sites for hydroxylation is 1. The van der Waals surface area contributed by atoms with Crippen molar-refractivity contribution in [3.8, 4) is 5.75 Å². The van der Waals surface area contributed by atoms with Crippen molar-refractivity contribution in [1.29, 1.82) is 0 Å². The molecular formula is C35H44N4O3. The normalized spacial score (nSPS) is 15.0. The van der Waals surface area contributed by atoms with E-state index in [-0.39, 0.29) is 17.2 Å². The Morgan fingerprint density at radius 3 is 2.19 bits per heavy atom. The van der Waals surface area contributed by atoms with Crippen molar-refractivity contribution < 1.29 is 14.3 Å². The van der Waals surface area contributed by atoms with Crippen molar-refractivity contribution >= 4 is 17.5 Å². The monoisotopic (exact) mass is 568 g/mol. The third-order valence-corrected chi connectivity index (χ3v) is 7.76. The van der Waals surface area contributed by atoms with Gasteiger partial charge in [-0.2, -0.15) is 5.10 Å². The number of amides is 2. The van der Waals surface area contributed by atoms with Gasteiger partial charge in [-0.15, -0.1) is 0 Å². The van der Waals surface area contributed by atoms with Gasteiger partial charge in [0, 0.05) is 6.20 Å². The van der Waals surface area contributed by atoms with Gasteiger partial charge in [0.25, 0.3) is 11.8 Å². The molecule has 0 saturated carbocycles. The minimum atomic E-state index is -1.03. The van der Waals surface area contributed by atoms with Crippen molar-refractivity contribution in [3.63, 3.8) is 0 Å². The highest BCUT2D eigenvalue weighted by Gasteiger charge is 2.42. The molecule has 0 bridgehead atoms. The average Bonchev–Trinajstić information content (AvgIpc) is 3.15. The summed E-state index contributed by atoms with van der Waals surface area (Å²) in [5.74, 6) is 0.475. The van der Waals surface area contributed by atoms with Crippen LogP contribution in [0.4, 0.5) is 0 Å². The number of nitrogens with one attached hydrogen (secondary N) is 1. The first-order chi connectivity index (χ1) is 19.8. The topological polar surface area (TPSA) is 83.9 Å². The molecule has 1 aromatic heterocycles. The Kier molecular flexibility index (Phi) is 9.19. The molecule has 0 unspecified atom stereocenters. The molecular weight excluding hydrogens is 524 g/mol. The largest absolute Gasteiger partial charge is 0.478 e. The lowest BCUT2D eigenvalue weighted by Crippen LogP contribution is -2.46. The third-order valence-electron chi connectivity index (χ3n) is 7.76. The van der Waals surface area contributed by atoms with Crippen LogP contribution < -0.4 is 10.1 Å². The van der Waals surface area contributed by atoms with Crippen LogP contribution >= 0.6 is 0 Å². The SMILES string of the molecule is CC(C)(Oc1ccc(CCCC2=NN(Cc3ccc(C(C)(C)C)cc3)C(=O)C2(C)C)cc1)C(=O)NCc1ccccn1. The Morgan fingerprint density at radius 2 is 1.57 bits per heavy atom. The summed E-state index contributed by atoms with van der Waals surface area (Å²) in [7, 11) is 0. The lowest BCUT2D eigenvalue weighted by Gasteiger charge is -2.25. The number of carbonyl (C=O) groups is 2. The van der Waals surface area contributed by atoms with Crippen molar-refractivity contribution in [2.24, 2.45) is 10.5 Å². The molecule has 0 radical (unpaired) electrons. The first kappa shape index (κ1) is 30.9. The van der Waals surface area contributed by atoms with Gasteiger partial charge in [-0.1, -0.05) is 63.2 Å². The number of hydrazone groups is 1. The highest BCUT2D eigenvalue weighted by atomic mass is 16.5. The average molecular weight is 569 g/mol. The molecule has 4 rings (SSSR count). The van der Waals surface area contributed by atoms with Crippen LogP contribution in [0.2, 0.25) is 0 Å². The fourth-order valence-electron chi connectivity index (χ4n) is 4.93. The molecule has 1 N–H and O–H groups in total. The number of nitrogens with zero attached hydrogens (tertiary/aromatic N) is 3. The summed E-state index contributed by atoms with van der Waals surface area (Å²) in [6.45, 7) is 14.9. The molecule has 42 heavy (non-hydrogen) atoms. The minimum Gasteiger partial charge on any atom is -0.478 e. The Labute approximate surface area is 250 Å². The molecule has 3 aromatic rings. The van der Waals surface area contributed by atoms with Crippen LogP contribution in [0.3, 0.4) is 0 Å². The van der Waals surface area contributed by atoms with Crippen LogP contribution in [0.1, 0.15) is 83.7 Å². The summed E-state index contributed by atoms with van der Waals surface area (Å²) in [4.78, 5) is 30.1. The van der Waals surface area contributed by atoms with Crippen molar-refractivity contribution in [2.75, 3.05) is 0 Å². The molecule has 7 nitrogen and oxygen atoms in total.